The van der Waals surface area contributed by atoms with Crippen molar-refractivity contribution in [1.29, 1.82) is 0 Å². The molecule has 8 heterocycles. The summed E-state index contributed by atoms with van der Waals surface area (Å²) >= 11 is 0. The number of aryl methyl sites for hydroxylation is 6. The third-order valence-electron chi connectivity index (χ3n) is 23.6. The van der Waals surface area contributed by atoms with E-state index in [0.717, 1.165) is 146 Å². The van der Waals surface area contributed by atoms with E-state index in [1.165, 1.54) is 0 Å². The van der Waals surface area contributed by atoms with Crippen molar-refractivity contribution >= 4 is 158 Å². The Morgan fingerprint density at radius 2 is 0.661 bits per heavy atom. The van der Waals surface area contributed by atoms with Gasteiger partial charge in [0.15, 0.2) is 17.5 Å². The summed E-state index contributed by atoms with van der Waals surface area (Å²) in [5, 5.41) is 27.4. The second kappa shape index (κ2) is 43.9. The maximum atomic E-state index is 15.6. The minimum absolute atomic E-state index is 0.0566. The number of nitrogens with one attached hydrogen (secondary N) is 10. The zero-order valence-corrected chi connectivity index (χ0v) is 73.0. The van der Waals surface area contributed by atoms with E-state index in [0.29, 0.717) is 123 Å². The Kier molecular flexibility index (Phi) is 31.5. The van der Waals surface area contributed by atoms with Crippen LogP contribution in [0.2, 0.25) is 0 Å². The molecule has 0 aliphatic rings. The minimum atomic E-state index is -1.59. The lowest BCUT2D eigenvalue weighted by Crippen LogP contribution is -2.59. The van der Waals surface area contributed by atoms with Gasteiger partial charge in [0.25, 0.3) is 0 Å². The van der Waals surface area contributed by atoms with E-state index in [2.05, 4.69) is 102 Å². The van der Waals surface area contributed by atoms with Crippen LogP contribution in [0.3, 0.4) is 0 Å². The van der Waals surface area contributed by atoms with Crippen LogP contribution in [0.4, 0.5) is 17.5 Å². The molecule has 5 aromatic carbocycles. The summed E-state index contributed by atoms with van der Waals surface area (Å²) in [7, 11) is 0. The van der Waals surface area contributed by atoms with Gasteiger partial charge < -0.3 is 89.1 Å². The van der Waals surface area contributed by atoms with E-state index in [-0.39, 0.29) is 76.1 Å². The number of aromatic amines is 2. The molecule has 32 nitrogen and oxygen atoms in total. The van der Waals surface area contributed by atoms with Crippen LogP contribution in [0.1, 0.15) is 185 Å². The maximum Gasteiger partial charge on any atom is 0.243 e. The van der Waals surface area contributed by atoms with Gasteiger partial charge in [-0.1, -0.05) is 138 Å². The predicted molar refractivity (Wildman–Crippen MR) is 496 cm³/mol. The van der Waals surface area contributed by atoms with Crippen LogP contribution in [-0.2, 0) is 94.9 Å². The standard InChI is InChI=1S/C95H119N23O9/c1-5-9-39-75-113-82-85(62-31-14-19-36-67(62)106-88(82)96)116(75)51-25-22-48-100-78(119)45-42-70(91(99)123)109-94(126)73(54-58-56-103-65-34-17-12-29-60(58)65)112-93(125)72(44-47-80(121)102-50-24-27-53-118-77(41-11-7-3)115-84-87(118)64-33-16-21-38-69(64)108-90(84)98)110-95(127)74(55-59-57-104-66-35-18-13-30-61(59)66)111-92(124)71(105-81(122)28-8-4)43-46-79(120)101-49-23-26-52-117-76(40-10-6-2)114-83-86(117)63-32-15-20-37-68(63)107-89(83)97/h12-21,29-38,56-57,70-74,103-104H,5-11,22-28,39-55H2,1-4H3,(H2,96,106)(H2,97,107)(H2,98,108)(H2,99,123)(H,100,119)(H,101,120)(H,102,121)(H,105,122)(H,109,126)(H,110,127)(H,111,124)(H,112,125)/t70-,71-,72-,73-,74-/m0/s1. The molecule has 0 saturated carbocycles. The molecule has 0 spiro atoms. The summed E-state index contributed by atoms with van der Waals surface area (Å²) in [4.78, 5) is 166. The van der Waals surface area contributed by atoms with Crippen molar-refractivity contribution in [2.75, 3.05) is 36.8 Å². The van der Waals surface area contributed by atoms with Crippen molar-refractivity contribution < 1.29 is 43.2 Å². The molecule has 8 aromatic heterocycles. The van der Waals surface area contributed by atoms with Crippen molar-refractivity contribution in [3.63, 3.8) is 0 Å². The lowest BCUT2D eigenvalue weighted by molar-refractivity contribution is -0.135. The molecule has 0 radical (unpaired) electrons. The summed E-state index contributed by atoms with van der Waals surface area (Å²) in [5.74, 6) is -2.25. The molecule has 32 heteroatoms. The fraction of sp³-hybridized carbons (Fsp3) is 0.421. The maximum absolute atomic E-state index is 15.6. The normalized spacial score (nSPS) is 12.9. The van der Waals surface area contributed by atoms with Gasteiger partial charge in [-0.05, 0) is 125 Å². The molecule has 0 bridgehead atoms. The van der Waals surface area contributed by atoms with E-state index in [4.69, 9.17) is 37.9 Å². The Hall–Kier alpha value is -13.6. The number of amides is 9. The second-order valence-electron chi connectivity index (χ2n) is 32.9. The highest BCUT2D eigenvalue weighted by Crippen LogP contribution is 2.34. The van der Waals surface area contributed by atoms with Crippen LogP contribution >= 0.6 is 0 Å². The van der Waals surface area contributed by atoms with E-state index in [1.807, 2.05) is 128 Å². The molecular weight excluding hydrogens is 1610 g/mol. The predicted octanol–water partition coefficient (Wildman–Crippen LogP) is 10.7. The highest BCUT2D eigenvalue weighted by Gasteiger charge is 2.35. The Labute approximate surface area is 736 Å². The Bertz CT molecular complexity index is 6100. The summed E-state index contributed by atoms with van der Waals surface area (Å²) in [6.07, 6.45) is 13.8. The number of hydrogen-bond acceptors (Lipinski definition) is 18. The first-order valence-corrected chi connectivity index (χ1v) is 45.0. The number of pyridine rings is 3. The highest BCUT2D eigenvalue weighted by atomic mass is 16.2. The number of carbonyl (C=O) groups is 9. The third kappa shape index (κ3) is 22.8. The van der Waals surface area contributed by atoms with Gasteiger partial charge in [-0.25, -0.2) is 29.9 Å². The van der Waals surface area contributed by atoms with Crippen molar-refractivity contribution in [2.24, 2.45) is 5.73 Å². The first-order valence-electron chi connectivity index (χ1n) is 45.0. The first-order chi connectivity index (χ1) is 61.7. The smallest absolute Gasteiger partial charge is 0.243 e. The molecule has 0 unspecified atom stereocenters. The number of nitrogens with two attached hydrogens (primary N) is 4. The van der Waals surface area contributed by atoms with Crippen LogP contribution in [-0.4, -0.2) is 157 Å². The fourth-order valence-corrected chi connectivity index (χ4v) is 16.8. The Balaban J connectivity index is 0.714. The van der Waals surface area contributed by atoms with Gasteiger partial charge in [0.05, 0.1) is 33.1 Å². The van der Waals surface area contributed by atoms with E-state index in [9.17, 15) is 24.0 Å². The van der Waals surface area contributed by atoms with E-state index < -0.39 is 71.6 Å². The molecule has 0 saturated heterocycles. The third-order valence-corrected chi connectivity index (χ3v) is 23.6. The number of rotatable bonds is 49. The summed E-state index contributed by atoms with van der Waals surface area (Å²) < 4.78 is 6.61. The molecule has 13 rings (SSSR count). The molecule has 0 fully saturated rings. The number of para-hydroxylation sites is 5. The zero-order valence-electron chi connectivity index (χ0n) is 73.0. The molecule has 668 valence electrons. The largest absolute Gasteiger partial charge is 0.382 e. The molecule has 0 aliphatic carbocycles. The van der Waals surface area contributed by atoms with Gasteiger partial charge in [-0.2, -0.15) is 0 Å². The fourth-order valence-electron chi connectivity index (χ4n) is 16.8. The molecule has 9 amide bonds. The van der Waals surface area contributed by atoms with Gasteiger partial charge >= 0.3 is 0 Å². The molecule has 13 aromatic rings. The highest BCUT2D eigenvalue weighted by molar-refractivity contribution is 6.09. The van der Waals surface area contributed by atoms with Crippen molar-refractivity contribution in [2.45, 2.75) is 238 Å². The number of hydrogen-bond donors (Lipinski definition) is 14. The lowest BCUT2D eigenvalue weighted by Gasteiger charge is -2.27. The number of nitrogen functional groups attached to an aromatic ring is 3. The topological polar surface area (TPSA) is 478 Å². The van der Waals surface area contributed by atoms with Crippen molar-refractivity contribution in [3.8, 4) is 0 Å². The number of anilines is 3. The number of imidazole rings is 3. The Morgan fingerprint density at radius 1 is 0.346 bits per heavy atom. The number of unbranched alkanes of at least 4 members (excludes halogenated alkanes) is 6. The first kappa shape index (κ1) is 91.2. The SMILES string of the molecule is CCCCc1nc2c(N)nc3ccccc3c2n1CCCCNC(=O)CC[C@H](NC(=O)[C@H](Cc1c[nH]c2ccccc12)NC(=O)[C@H](CCC(=O)NCCCCn1c(CCCC)nc2c(N)nc3ccccc3c21)NC(=O)[C@H](Cc1c[nH]c2ccccc12)NC(=O)[C@H](CCC(=O)NCCCCn1c(CCCC)nc2c(N)nc3ccccc3c21)NC(=O)CCC)C(N)=O. The van der Waals surface area contributed by atoms with Gasteiger partial charge in [0.1, 0.15) is 64.2 Å². The number of nitrogens with zero attached hydrogens (tertiary/aromatic N) is 9. The zero-order chi connectivity index (χ0) is 89.5. The quantitative estimate of drug-likeness (QED) is 0.0158. The number of fused-ring (bicyclic) bond motifs is 11. The number of benzene rings is 5. The van der Waals surface area contributed by atoms with E-state index >= 15 is 19.2 Å². The second-order valence-corrected chi connectivity index (χ2v) is 32.9. The molecule has 18 N–H and O–H groups in total. The lowest BCUT2D eigenvalue weighted by atomic mass is 10.0. The summed E-state index contributed by atoms with van der Waals surface area (Å²) in [6, 6.07) is 30.9. The number of aromatic nitrogens is 11. The number of primary amides is 1. The summed E-state index contributed by atoms with van der Waals surface area (Å²) in [6.45, 7) is 10.8. The van der Waals surface area contributed by atoms with Crippen LogP contribution in [0.15, 0.2) is 134 Å². The van der Waals surface area contributed by atoms with Crippen LogP contribution in [0.5, 0.6) is 0 Å². The average molecular weight is 1730 g/mol. The molecule has 0 aliphatic heterocycles. The minimum Gasteiger partial charge on any atom is -0.382 e. The molecular formula is C95H119N23O9. The monoisotopic (exact) mass is 1730 g/mol. The molecule has 127 heavy (non-hydrogen) atoms. The average Bonchev–Trinajstić information content (AvgIpc) is 1.62. The van der Waals surface area contributed by atoms with E-state index in [1.54, 1.807) is 12.4 Å². The molecule has 5 atom stereocenters. The van der Waals surface area contributed by atoms with Gasteiger partial charge in [0, 0.05) is 147 Å². The van der Waals surface area contributed by atoms with Crippen molar-refractivity contribution in [1.82, 2.24) is 96.1 Å². The number of carbonyl (C=O) groups excluding carboxylic acids is 9. The number of H-pyrrole nitrogens is 2. The van der Waals surface area contributed by atoms with Gasteiger partial charge in [-0.15, -0.1) is 0 Å². The van der Waals surface area contributed by atoms with Crippen LogP contribution < -0.4 is 65.5 Å². The van der Waals surface area contributed by atoms with Gasteiger partial charge in [0.2, 0.25) is 53.2 Å². The van der Waals surface area contributed by atoms with Gasteiger partial charge in [-0.3, -0.25) is 43.2 Å². The summed E-state index contributed by atoms with van der Waals surface area (Å²) in [5.41, 5.74) is 35.1. The van der Waals surface area contributed by atoms with Crippen LogP contribution in [0.25, 0.3) is 87.6 Å². The van der Waals surface area contributed by atoms with Crippen molar-refractivity contribution in [3.05, 3.63) is 162 Å². The van der Waals surface area contributed by atoms with Crippen LogP contribution in [0, 0.1) is 0 Å². The Morgan fingerprint density at radius 3 is 1.02 bits per heavy atom.